The summed E-state index contributed by atoms with van der Waals surface area (Å²) in [6, 6.07) is 6.81. The van der Waals surface area contributed by atoms with Crippen LogP contribution in [0.5, 0.6) is 0 Å². The lowest BCUT2D eigenvalue weighted by Gasteiger charge is -2.30. The van der Waals surface area contributed by atoms with Crippen molar-refractivity contribution in [2.24, 2.45) is 7.05 Å². The molecule has 37 heavy (non-hydrogen) atoms. The number of hydrogen-bond acceptors (Lipinski definition) is 6. The lowest BCUT2D eigenvalue weighted by Crippen LogP contribution is -2.39. The van der Waals surface area contributed by atoms with E-state index in [2.05, 4.69) is 25.5 Å². The van der Waals surface area contributed by atoms with Gasteiger partial charge in [-0.25, -0.2) is 18.7 Å². The molecular weight excluding hydrogens is 490 g/mol. The number of nitrogens with one attached hydrogen (secondary N) is 1. The van der Waals surface area contributed by atoms with Crippen LogP contribution in [0.4, 0.5) is 23.2 Å². The molecule has 1 aliphatic carbocycles. The van der Waals surface area contributed by atoms with Crippen LogP contribution in [0.15, 0.2) is 36.7 Å². The second kappa shape index (κ2) is 9.47. The van der Waals surface area contributed by atoms with Gasteiger partial charge in [0.05, 0.1) is 5.69 Å². The molecule has 3 aromatic rings. The first kappa shape index (κ1) is 25.2. The van der Waals surface area contributed by atoms with Crippen LogP contribution >= 0.6 is 0 Å². The van der Waals surface area contributed by atoms with Crippen LogP contribution in [0.3, 0.4) is 0 Å². The summed E-state index contributed by atoms with van der Waals surface area (Å²) in [6.45, 7) is 2.09. The standard InChI is InChI=1S/C25H27F4N7O/c1-24(27,25(28,29)23-34-30-14-35(23)2)16-4-3-5-18(10-16)32-22(37)20-11-19(13-36-9-8-17(26)12-36)31-21(33-20)15-6-7-15/h3-5,10-11,14-15,17H,6-9,12-13H2,1-2H3,(H,32,37)/t17-,24?/m0/s1. The van der Waals surface area contributed by atoms with Crippen molar-refractivity contribution in [1.29, 1.82) is 0 Å². The number of hydrogen-bond donors (Lipinski definition) is 1. The molecule has 2 fully saturated rings. The molecule has 1 amide bonds. The number of amides is 1. The van der Waals surface area contributed by atoms with Gasteiger partial charge in [0.25, 0.3) is 5.91 Å². The Labute approximate surface area is 211 Å². The topological polar surface area (TPSA) is 88.8 Å². The molecule has 1 saturated carbocycles. The minimum absolute atomic E-state index is 0.112. The number of alkyl halides is 4. The maximum Gasteiger partial charge on any atom is 0.343 e. The molecule has 1 unspecified atom stereocenters. The Morgan fingerprint density at radius 2 is 1.95 bits per heavy atom. The van der Waals surface area contributed by atoms with Crippen LogP contribution < -0.4 is 5.32 Å². The molecular formula is C25H27F4N7O. The molecule has 0 spiro atoms. The van der Waals surface area contributed by atoms with Gasteiger partial charge in [0.1, 0.15) is 24.0 Å². The largest absolute Gasteiger partial charge is 0.343 e. The summed E-state index contributed by atoms with van der Waals surface area (Å²) in [4.78, 5) is 24.0. The quantitative estimate of drug-likeness (QED) is 0.450. The van der Waals surface area contributed by atoms with Gasteiger partial charge in [0.2, 0.25) is 11.5 Å². The first-order chi connectivity index (χ1) is 17.5. The van der Waals surface area contributed by atoms with E-state index < -0.39 is 29.5 Å². The van der Waals surface area contributed by atoms with Gasteiger partial charge in [-0.2, -0.15) is 8.78 Å². The number of benzene rings is 1. The van der Waals surface area contributed by atoms with Crippen molar-refractivity contribution in [3.05, 3.63) is 65.3 Å². The van der Waals surface area contributed by atoms with E-state index in [4.69, 9.17) is 0 Å². The molecule has 1 aliphatic heterocycles. The second-order valence-corrected chi connectivity index (χ2v) is 9.88. The zero-order valence-corrected chi connectivity index (χ0v) is 20.5. The highest BCUT2D eigenvalue weighted by atomic mass is 19.3. The van der Waals surface area contributed by atoms with Crippen molar-refractivity contribution in [3.8, 4) is 0 Å². The van der Waals surface area contributed by atoms with Gasteiger partial charge >= 0.3 is 5.92 Å². The molecule has 2 atom stereocenters. The monoisotopic (exact) mass is 517 g/mol. The highest BCUT2D eigenvalue weighted by Crippen LogP contribution is 2.47. The van der Waals surface area contributed by atoms with Crippen molar-refractivity contribution in [3.63, 3.8) is 0 Å². The molecule has 2 aromatic heterocycles. The Morgan fingerprint density at radius 1 is 1.16 bits per heavy atom. The van der Waals surface area contributed by atoms with Crippen molar-refractivity contribution < 1.29 is 22.4 Å². The minimum Gasteiger partial charge on any atom is -0.321 e. The number of aryl methyl sites for hydroxylation is 1. The molecule has 3 heterocycles. The normalized spacial score (nSPS) is 20.1. The molecule has 12 heteroatoms. The lowest BCUT2D eigenvalue weighted by atomic mass is 9.90. The summed E-state index contributed by atoms with van der Waals surface area (Å²) in [7, 11) is 1.31. The smallest absolute Gasteiger partial charge is 0.321 e. The van der Waals surface area contributed by atoms with Crippen molar-refractivity contribution >= 4 is 11.6 Å². The Hall–Kier alpha value is -3.41. The van der Waals surface area contributed by atoms with Crippen molar-refractivity contribution in [2.75, 3.05) is 18.4 Å². The van der Waals surface area contributed by atoms with E-state index in [1.807, 2.05) is 4.90 Å². The Bertz CT molecular complexity index is 1310. The SMILES string of the molecule is Cn1cnnc1C(F)(F)C(C)(F)c1cccc(NC(=O)c2cc(CN3CC[C@H](F)C3)nc(C3CC3)n2)c1. The van der Waals surface area contributed by atoms with E-state index in [0.717, 1.165) is 36.7 Å². The van der Waals surface area contributed by atoms with Gasteiger partial charge in [-0.15, -0.1) is 10.2 Å². The number of likely N-dealkylation sites (tertiary alicyclic amines) is 1. The molecule has 0 radical (unpaired) electrons. The summed E-state index contributed by atoms with van der Waals surface area (Å²) in [6.07, 6.45) is 2.52. The maximum absolute atomic E-state index is 15.6. The van der Waals surface area contributed by atoms with Gasteiger partial charge in [-0.3, -0.25) is 9.69 Å². The third-order valence-electron chi connectivity index (χ3n) is 6.82. The highest BCUT2D eigenvalue weighted by Gasteiger charge is 2.56. The van der Waals surface area contributed by atoms with Crippen LogP contribution in [0.1, 0.15) is 65.5 Å². The molecule has 1 saturated heterocycles. The first-order valence-corrected chi connectivity index (χ1v) is 12.1. The van der Waals surface area contributed by atoms with Gasteiger partial charge in [0.15, 0.2) is 0 Å². The van der Waals surface area contributed by atoms with Crippen molar-refractivity contribution in [1.82, 2.24) is 29.6 Å². The molecule has 5 rings (SSSR count). The van der Waals surface area contributed by atoms with Gasteiger partial charge in [-0.05, 0) is 49.9 Å². The van der Waals surface area contributed by atoms with Crippen LogP contribution in [0, 0.1) is 0 Å². The summed E-state index contributed by atoms with van der Waals surface area (Å²) < 4.78 is 60.4. The molecule has 1 aromatic carbocycles. The number of anilines is 1. The molecule has 1 N–H and O–H groups in total. The number of halogens is 4. The highest BCUT2D eigenvalue weighted by molar-refractivity contribution is 6.03. The zero-order chi connectivity index (χ0) is 26.4. The predicted molar refractivity (Wildman–Crippen MR) is 127 cm³/mol. The Kier molecular flexibility index (Phi) is 6.47. The fourth-order valence-electron chi connectivity index (χ4n) is 4.44. The maximum atomic E-state index is 15.6. The van der Waals surface area contributed by atoms with Gasteiger partial charge in [-0.1, -0.05) is 12.1 Å². The van der Waals surface area contributed by atoms with E-state index in [1.54, 1.807) is 6.07 Å². The van der Waals surface area contributed by atoms with Crippen LogP contribution in [-0.4, -0.2) is 54.8 Å². The fraction of sp³-hybridized carbons (Fsp3) is 0.480. The fourth-order valence-corrected chi connectivity index (χ4v) is 4.44. The number of carbonyl (C=O) groups is 1. The summed E-state index contributed by atoms with van der Waals surface area (Å²) >= 11 is 0. The summed E-state index contributed by atoms with van der Waals surface area (Å²) in [5, 5.41) is 9.44. The van der Waals surface area contributed by atoms with Gasteiger partial charge < -0.3 is 9.88 Å². The molecule has 2 aliphatic rings. The molecule has 8 nitrogen and oxygen atoms in total. The Balaban J connectivity index is 1.37. The van der Waals surface area contributed by atoms with Gasteiger partial charge in [0, 0.05) is 38.3 Å². The van der Waals surface area contributed by atoms with E-state index >= 15 is 13.2 Å². The number of aromatic nitrogens is 5. The van der Waals surface area contributed by atoms with Crippen LogP contribution in [0.25, 0.3) is 0 Å². The van der Waals surface area contributed by atoms with E-state index in [9.17, 15) is 9.18 Å². The predicted octanol–water partition coefficient (Wildman–Crippen LogP) is 4.26. The summed E-state index contributed by atoms with van der Waals surface area (Å²) in [5.74, 6) is -4.64. The third kappa shape index (κ3) is 5.07. The number of rotatable bonds is 8. The van der Waals surface area contributed by atoms with E-state index in [1.165, 1.54) is 25.2 Å². The average molecular weight is 518 g/mol. The number of carbonyl (C=O) groups excluding carboxylic acids is 1. The third-order valence-corrected chi connectivity index (χ3v) is 6.82. The van der Waals surface area contributed by atoms with Crippen molar-refractivity contribution in [2.45, 2.75) is 56.4 Å². The van der Waals surface area contributed by atoms with E-state index in [-0.39, 0.29) is 22.9 Å². The minimum atomic E-state index is -3.99. The van der Waals surface area contributed by atoms with E-state index in [0.29, 0.717) is 37.6 Å². The first-order valence-electron chi connectivity index (χ1n) is 12.1. The average Bonchev–Trinajstić information content (AvgIpc) is 3.50. The number of nitrogens with zero attached hydrogens (tertiary/aromatic N) is 6. The summed E-state index contributed by atoms with van der Waals surface area (Å²) in [5.41, 5.74) is -2.62. The van der Waals surface area contributed by atoms with Crippen LogP contribution in [-0.2, 0) is 25.2 Å². The molecule has 0 bridgehead atoms. The lowest BCUT2D eigenvalue weighted by molar-refractivity contribution is -0.149. The second-order valence-electron chi connectivity index (χ2n) is 9.88. The van der Waals surface area contributed by atoms with Crippen LogP contribution in [0.2, 0.25) is 0 Å². The zero-order valence-electron chi connectivity index (χ0n) is 20.5. The molecule has 196 valence electrons. The Morgan fingerprint density at radius 3 is 2.59 bits per heavy atom.